The Morgan fingerprint density at radius 3 is 2.71 bits per heavy atom. The van der Waals surface area contributed by atoms with Crippen molar-refractivity contribution < 1.29 is 28.5 Å². The van der Waals surface area contributed by atoms with Gasteiger partial charge in [0.15, 0.2) is 0 Å². The Balaban J connectivity index is 1.24. The van der Waals surface area contributed by atoms with Crippen LogP contribution in [0.5, 0.6) is 5.88 Å². The van der Waals surface area contributed by atoms with E-state index in [2.05, 4.69) is 9.97 Å². The fourth-order valence-electron chi connectivity index (χ4n) is 4.90. The number of ether oxygens (including phenoxy) is 3. The van der Waals surface area contributed by atoms with Crippen LogP contribution in [0.15, 0.2) is 29.9 Å². The van der Waals surface area contributed by atoms with Gasteiger partial charge >= 0.3 is 6.09 Å². The number of rotatable bonds is 5. The Morgan fingerprint density at radius 1 is 1.26 bits per heavy atom. The summed E-state index contributed by atoms with van der Waals surface area (Å²) in [4.78, 5) is 23.3. The second kappa shape index (κ2) is 8.69. The summed E-state index contributed by atoms with van der Waals surface area (Å²) in [5.74, 6) is 0.0373. The highest BCUT2D eigenvalue weighted by atomic mass is 32.1. The lowest BCUT2D eigenvalue weighted by molar-refractivity contribution is -0.111. The fourth-order valence-corrected chi connectivity index (χ4v) is 5.85. The zero-order valence-corrected chi connectivity index (χ0v) is 20.1. The molecule has 4 heterocycles. The molecule has 3 fully saturated rings. The van der Waals surface area contributed by atoms with Crippen LogP contribution in [0.2, 0.25) is 0 Å². The van der Waals surface area contributed by atoms with Crippen molar-refractivity contribution in [2.75, 3.05) is 26.3 Å². The van der Waals surface area contributed by atoms with Crippen molar-refractivity contribution >= 4 is 27.6 Å². The van der Waals surface area contributed by atoms with E-state index in [0.29, 0.717) is 54.4 Å². The number of aliphatic hydroxyl groups is 1. The molecular formula is C25H26FN3O5S. The topological polar surface area (TPSA) is 94.0 Å². The van der Waals surface area contributed by atoms with Gasteiger partial charge in [-0.3, -0.25) is 0 Å². The maximum atomic E-state index is 14.7. The normalized spacial score (nSPS) is 24.9. The first-order valence-corrected chi connectivity index (χ1v) is 12.7. The number of carbonyl (C=O) groups is 1. The third kappa shape index (κ3) is 4.23. The average molecular weight is 500 g/mol. The summed E-state index contributed by atoms with van der Waals surface area (Å²) in [7, 11) is 0. The quantitative estimate of drug-likeness (QED) is 0.567. The molecule has 0 spiro atoms. The van der Waals surface area contributed by atoms with Crippen LogP contribution in [0.3, 0.4) is 0 Å². The number of piperidine rings is 1. The standard InChI is InChI=1S/C25H26FN3O5S/c1-25(4-5-25)34-24(31)29-7-15-10-32-11-16(8-29)21(15)33-23-22-20(27-13-28-23)18(12-35-22)17-3-2-14(9-30)6-19(17)26/h2-3,6,12-13,15-16,21,30H,4-5,7-11H2,1H3. The number of carbonyl (C=O) groups excluding carboxylic acids is 1. The van der Waals surface area contributed by atoms with Crippen LogP contribution in [-0.2, 0) is 16.1 Å². The predicted octanol–water partition coefficient (Wildman–Crippen LogP) is 4.00. The van der Waals surface area contributed by atoms with Gasteiger partial charge in [0, 0.05) is 41.4 Å². The summed E-state index contributed by atoms with van der Waals surface area (Å²) in [6, 6.07) is 4.69. The number of hydrogen-bond donors (Lipinski definition) is 1. The van der Waals surface area contributed by atoms with Crippen LogP contribution < -0.4 is 4.74 Å². The van der Waals surface area contributed by atoms with E-state index >= 15 is 0 Å². The van der Waals surface area contributed by atoms with Crippen molar-refractivity contribution in [2.45, 2.75) is 38.1 Å². The molecular weight excluding hydrogens is 473 g/mol. The molecule has 6 rings (SSSR count). The van der Waals surface area contributed by atoms with Crippen molar-refractivity contribution in [1.82, 2.24) is 14.9 Å². The zero-order valence-electron chi connectivity index (χ0n) is 19.3. The fraction of sp³-hybridized carbons (Fsp3) is 0.480. The number of thiophene rings is 1. The van der Waals surface area contributed by atoms with Crippen LogP contribution >= 0.6 is 11.3 Å². The lowest BCUT2D eigenvalue weighted by atomic mass is 9.84. The van der Waals surface area contributed by atoms with E-state index in [9.17, 15) is 14.3 Å². The Morgan fingerprint density at radius 2 is 2.03 bits per heavy atom. The Bertz CT molecular complexity index is 1270. The molecule has 0 radical (unpaired) electrons. The molecule has 3 aliphatic rings. The molecule has 10 heteroatoms. The first kappa shape index (κ1) is 22.6. The molecule has 1 N–H and O–H groups in total. The first-order chi connectivity index (χ1) is 16.9. The largest absolute Gasteiger partial charge is 0.472 e. The van der Waals surface area contributed by atoms with Crippen LogP contribution in [0, 0.1) is 17.7 Å². The zero-order chi connectivity index (χ0) is 24.2. The minimum atomic E-state index is -0.414. The number of hydrogen-bond acceptors (Lipinski definition) is 8. The van der Waals surface area contributed by atoms with Crippen molar-refractivity contribution in [3.63, 3.8) is 0 Å². The van der Waals surface area contributed by atoms with Crippen LogP contribution in [-0.4, -0.2) is 64.1 Å². The number of aliphatic hydroxyl groups excluding tert-OH is 1. The molecule has 1 aliphatic carbocycles. The highest BCUT2D eigenvalue weighted by molar-refractivity contribution is 7.18. The van der Waals surface area contributed by atoms with E-state index in [0.717, 1.165) is 17.5 Å². The molecule has 3 aromatic rings. The van der Waals surface area contributed by atoms with Gasteiger partial charge in [0.1, 0.15) is 28.5 Å². The molecule has 2 aliphatic heterocycles. The Labute approximate surface area is 205 Å². The van der Waals surface area contributed by atoms with E-state index in [1.807, 2.05) is 12.3 Å². The van der Waals surface area contributed by atoms with Gasteiger partial charge in [-0.05, 0) is 31.4 Å². The van der Waals surface area contributed by atoms with Crippen molar-refractivity contribution in [1.29, 1.82) is 0 Å². The molecule has 8 nitrogen and oxygen atoms in total. The molecule has 184 valence electrons. The summed E-state index contributed by atoms with van der Waals surface area (Å²) in [5, 5.41) is 11.1. The summed E-state index contributed by atoms with van der Waals surface area (Å²) in [6.45, 7) is 3.74. The summed E-state index contributed by atoms with van der Waals surface area (Å²) in [5.41, 5.74) is 1.90. The van der Waals surface area contributed by atoms with Crippen molar-refractivity contribution in [3.05, 3.63) is 41.3 Å². The maximum absolute atomic E-state index is 14.7. The van der Waals surface area contributed by atoms with Gasteiger partial charge in [-0.1, -0.05) is 12.1 Å². The Kier molecular flexibility index (Phi) is 5.62. The molecule has 2 aromatic heterocycles. The number of benzene rings is 1. The highest BCUT2D eigenvalue weighted by Crippen LogP contribution is 2.41. The van der Waals surface area contributed by atoms with E-state index < -0.39 is 5.82 Å². The van der Waals surface area contributed by atoms with Gasteiger partial charge in [0.05, 0.1) is 25.3 Å². The smallest absolute Gasteiger partial charge is 0.410 e. The monoisotopic (exact) mass is 499 g/mol. The molecule has 1 saturated carbocycles. The number of amides is 1. The van der Waals surface area contributed by atoms with E-state index in [4.69, 9.17) is 14.2 Å². The SMILES string of the molecule is CC1(OC(=O)N2CC3COCC(C2)C3Oc2ncnc3c(-c4ccc(CO)cc4F)csc23)CC1. The van der Waals surface area contributed by atoms with Crippen LogP contribution in [0.4, 0.5) is 9.18 Å². The molecule has 2 saturated heterocycles. The number of fused-ring (bicyclic) bond motifs is 3. The Hall–Kier alpha value is -2.82. The van der Waals surface area contributed by atoms with Gasteiger partial charge in [-0.25, -0.2) is 19.2 Å². The molecule has 2 unspecified atom stereocenters. The van der Waals surface area contributed by atoms with Crippen molar-refractivity contribution in [2.24, 2.45) is 11.8 Å². The number of likely N-dealkylation sites (tertiary alicyclic amines) is 1. The molecule has 2 atom stereocenters. The average Bonchev–Trinajstić information content (AvgIpc) is 3.40. The second-order valence-corrected chi connectivity index (χ2v) is 10.7. The number of aromatic nitrogens is 2. The van der Waals surface area contributed by atoms with Crippen molar-refractivity contribution in [3.8, 4) is 17.0 Å². The lowest BCUT2D eigenvalue weighted by Crippen LogP contribution is -2.59. The lowest BCUT2D eigenvalue weighted by Gasteiger charge is -2.46. The van der Waals surface area contributed by atoms with Gasteiger partial charge in [0.25, 0.3) is 0 Å². The summed E-state index contributed by atoms with van der Waals surface area (Å²) >= 11 is 1.41. The van der Waals surface area contributed by atoms with Gasteiger partial charge in [-0.15, -0.1) is 11.3 Å². The molecule has 1 amide bonds. The van der Waals surface area contributed by atoms with Gasteiger partial charge in [0.2, 0.25) is 5.88 Å². The summed E-state index contributed by atoms with van der Waals surface area (Å²) < 4.78 is 33.4. The third-order valence-corrected chi connectivity index (χ3v) is 8.08. The minimum absolute atomic E-state index is 0.00465. The van der Waals surface area contributed by atoms with E-state index in [1.54, 1.807) is 17.0 Å². The van der Waals surface area contributed by atoms with Gasteiger partial charge < -0.3 is 24.2 Å². The maximum Gasteiger partial charge on any atom is 0.410 e. The number of halogens is 1. The van der Waals surface area contributed by atoms with E-state index in [-0.39, 0.29) is 36.2 Å². The molecule has 35 heavy (non-hydrogen) atoms. The minimum Gasteiger partial charge on any atom is -0.472 e. The van der Waals surface area contributed by atoms with Crippen LogP contribution in [0.25, 0.3) is 21.3 Å². The highest BCUT2D eigenvalue weighted by Gasteiger charge is 2.47. The third-order valence-electron chi connectivity index (χ3n) is 7.12. The number of nitrogens with zero attached hydrogens (tertiary/aromatic N) is 3. The second-order valence-electron chi connectivity index (χ2n) is 9.84. The first-order valence-electron chi connectivity index (χ1n) is 11.8. The molecule has 2 bridgehead atoms. The molecule has 1 aromatic carbocycles. The van der Waals surface area contributed by atoms with Gasteiger partial charge in [-0.2, -0.15) is 0 Å². The van der Waals surface area contributed by atoms with Crippen LogP contribution in [0.1, 0.15) is 25.3 Å². The predicted molar refractivity (Wildman–Crippen MR) is 127 cm³/mol. The van der Waals surface area contributed by atoms with E-state index in [1.165, 1.54) is 23.7 Å². The summed E-state index contributed by atoms with van der Waals surface area (Å²) in [6.07, 6.45) is 2.84.